The number of hydrogen-bond donors (Lipinski definition) is 2. The Morgan fingerprint density at radius 1 is 0.479 bits per heavy atom. The summed E-state index contributed by atoms with van der Waals surface area (Å²) in [7, 11) is 0. The zero-order valence-electron chi connectivity index (χ0n) is 28.6. The molecule has 5 rings (SSSR count). The van der Waals surface area contributed by atoms with Crippen molar-refractivity contribution in [1.29, 1.82) is 0 Å². The number of ether oxygens (including phenoxy) is 2. The first-order valence-corrected chi connectivity index (χ1v) is 17.9. The smallest absolute Gasteiger partial charge is 0.196 e. The molecule has 0 fully saturated rings. The number of carbonyl (C=O) groups excluding carboxylic acids is 2. The van der Waals surface area contributed by atoms with Crippen LogP contribution in [0.2, 0.25) is 0 Å². The minimum Gasteiger partial charge on any atom is -0.451 e. The van der Waals surface area contributed by atoms with Gasteiger partial charge in [-0.15, -0.1) is 0 Å². The van der Waals surface area contributed by atoms with Gasteiger partial charge >= 0.3 is 0 Å². The molecule has 0 saturated heterocycles. The normalized spacial score (nSPS) is 12.1. The second kappa shape index (κ2) is 17.0. The number of ketones is 2. The number of nitrogens with two attached hydrogens (primary N) is 2. The van der Waals surface area contributed by atoms with Gasteiger partial charge in [-0.05, 0) is 61.1 Å². The molecule has 4 aromatic carbocycles. The van der Waals surface area contributed by atoms with Gasteiger partial charge in [-0.25, -0.2) is 0 Å². The van der Waals surface area contributed by atoms with Crippen LogP contribution in [0.1, 0.15) is 134 Å². The highest BCUT2D eigenvalue weighted by atomic mass is 16.5. The average Bonchev–Trinajstić information content (AvgIpc) is 3.11. The highest BCUT2D eigenvalue weighted by Crippen LogP contribution is 2.50. The van der Waals surface area contributed by atoms with Crippen molar-refractivity contribution in [3.8, 4) is 23.0 Å². The Hall–Kier alpha value is -4.58. The maximum Gasteiger partial charge on any atom is 0.196 e. The number of hydrogen-bond acceptors (Lipinski definition) is 6. The first-order valence-electron chi connectivity index (χ1n) is 17.9. The van der Waals surface area contributed by atoms with Gasteiger partial charge in [-0.3, -0.25) is 9.59 Å². The van der Waals surface area contributed by atoms with E-state index in [2.05, 4.69) is 13.8 Å². The molecule has 4 aromatic rings. The fourth-order valence-electron chi connectivity index (χ4n) is 6.47. The summed E-state index contributed by atoms with van der Waals surface area (Å²) in [5.41, 5.74) is 16.6. The number of fused-ring (bicyclic) bond motifs is 2. The van der Waals surface area contributed by atoms with Crippen molar-refractivity contribution in [3.05, 3.63) is 106 Å². The maximum atomic E-state index is 13.7. The Morgan fingerprint density at radius 2 is 0.833 bits per heavy atom. The van der Waals surface area contributed by atoms with Gasteiger partial charge in [0.15, 0.2) is 23.1 Å². The zero-order chi connectivity index (χ0) is 33.9. The molecule has 1 aliphatic rings. The van der Waals surface area contributed by atoms with Crippen molar-refractivity contribution < 1.29 is 19.1 Å². The van der Waals surface area contributed by atoms with Gasteiger partial charge in [0.1, 0.15) is 11.5 Å². The summed E-state index contributed by atoms with van der Waals surface area (Å²) < 4.78 is 12.8. The molecule has 0 unspecified atom stereocenters. The average molecular weight is 647 g/mol. The molecule has 48 heavy (non-hydrogen) atoms. The van der Waals surface area contributed by atoms with E-state index in [9.17, 15) is 9.59 Å². The Balaban J connectivity index is 1.40. The Labute approximate surface area is 285 Å². The van der Waals surface area contributed by atoms with E-state index < -0.39 is 0 Å². The SMILES string of the molecule is CCCCCCCCc1ccc(Oc2c(N)c3c(c(N)c2Oc2ccc(CCCCCCCC)cc2)C(=O)c2ccccc2C3=O)cc1. The van der Waals surface area contributed by atoms with E-state index in [1.165, 1.54) is 75.3 Å². The van der Waals surface area contributed by atoms with E-state index >= 15 is 0 Å². The molecule has 0 atom stereocenters. The fraction of sp³-hybridized carbons (Fsp3) is 0.381. The fourth-order valence-corrected chi connectivity index (χ4v) is 6.47. The minimum atomic E-state index is -0.367. The zero-order valence-corrected chi connectivity index (χ0v) is 28.6. The Kier molecular flexibility index (Phi) is 12.3. The lowest BCUT2D eigenvalue weighted by Crippen LogP contribution is -2.24. The molecule has 0 radical (unpaired) electrons. The van der Waals surface area contributed by atoms with E-state index in [4.69, 9.17) is 20.9 Å². The molecular formula is C42H50N2O4. The molecule has 0 aliphatic heterocycles. The molecule has 1 aliphatic carbocycles. The van der Waals surface area contributed by atoms with Gasteiger partial charge in [0, 0.05) is 11.1 Å². The van der Waals surface area contributed by atoms with Crippen LogP contribution in [0.3, 0.4) is 0 Å². The molecule has 0 aromatic heterocycles. The van der Waals surface area contributed by atoms with Crippen LogP contribution in [0.25, 0.3) is 0 Å². The molecule has 0 heterocycles. The number of benzene rings is 4. The molecule has 0 saturated carbocycles. The van der Waals surface area contributed by atoms with E-state index in [1.54, 1.807) is 24.3 Å². The van der Waals surface area contributed by atoms with Crippen molar-refractivity contribution >= 4 is 22.9 Å². The second-order valence-electron chi connectivity index (χ2n) is 13.0. The number of unbranched alkanes of at least 4 members (excludes halogenated alkanes) is 10. The Bertz CT molecular complexity index is 1570. The van der Waals surface area contributed by atoms with E-state index in [1.807, 2.05) is 48.5 Å². The Morgan fingerprint density at radius 3 is 1.21 bits per heavy atom. The lowest BCUT2D eigenvalue weighted by molar-refractivity contribution is 0.0980. The van der Waals surface area contributed by atoms with Crippen LogP contribution in [-0.4, -0.2) is 11.6 Å². The molecule has 6 heteroatoms. The molecular weight excluding hydrogens is 596 g/mol. The van der Waals surface area contributed by atoms with Crippen LogP contribution in [0, 0.1) is 0 Å². The predicted octanol–water partition coefficient (Wildman–Crippen LogP) is 11.0. The van der Waals surface area contributed by atoms with Gasteiger partial charge in [0.2, 0.25) is 0 Å². The molecule has 0 spiro atoms. The van der Waals surface area contributed by atoms with Crippen LogP contribution in [0.4, 0.5) is 11.4 Å². The summed E-state index contributed by atoms with van der Waals surface area (Å²) in [4.78, 5) is 27.5. The van der Waals surface area contributed by atoms with Crippen LogP contribution in [-0.2, 0) is 12.8 Å². The number of carbonyl (C=O) groups is 2. The molecule has 6 nitrogen and oxygen atoms in total. The van der Waals surface area contributed by atoms with Crippen molar-refractivity contribution in [3.63, 3.8) is 0 Å². The third kappa shape index (κ3) is 8.28. The summed E-state index contributed by atoms with van der Waals surface area (Å²) in [6.45, 7) is 4.46. The lowest BCUT2D eigenvalue weighted by Gasteiger charge is -2.25. The van der Waals surface area contributed by atoms with Crippen molar-refractivity contribution in [2.24, 2.45) is 0 Å². The standard InChI is InChI=1S/C42H50N2O4/c1-3-5-7-9-11-13-17-29-21-25-31(26-22-29)47-41-37(43)35-36(40(46)34-20-16-15-19-33(34)39(35)45)38(44)42(41)48-32-27-23-30(24-28-32)18-14-12-10-8-6-4-2/h15-16,19-28H,3-14,17-18,43-44H2,1-2H3. The monoisotopic (exact) mass is 646 g/mol. The second-order valence-corrected chi connectivity index (χ2v) is 13.0. The van der Waals surface area contributed by atoms with Crippen LogP contribution < -0.4 is 20.9 Å². The first kappa shape index (κ1) is 34.7. The summed E-state index contributed by atoms with van der Waals surface area (Å²) in [5, 5.41) is 0. The van der Waals surface area contributed by atoms with Crippen molar-refractivity contribution in [1.82, 2.24) is 0 Å². The van der Waals surface area contributed by atoms with Crippen LogP contribution >= 0.6 is 0 Å². The van der Waals surface area contributed by atoms with E-state index in [0.29, 0.717) is 22.6 Å². The molecule has 252 valence electrons. The molecule has 0 amide bonds. The van der Waals surface area contributed by atoms with Gasteiger partial charge in [0.05, 0.1) is 22.5 Å². The highest BCUT2D eigenvalue weighted by molar-refractivity contribution is 6.32. The number of anilines is 2. The predicted molar refractivity (Wildman–Crippen MR) is 196 cm³/mol. The van der Waals surface area contributed by atoms with Gasteiger partial charge in [0.25, 0.3) is 0 Å². The third-order valence-electron chi connectivity index (χ3n) is 9.28. The maximum absolute atomic E-state index is 13.7. The number of aryl methyl sites for hydroxylation is 2. The van der Waals surface area contributed by atoms with Gasteiger partial charge in [-0.1, -0.05) is 127 Å². The lowest BCUT2D eigenvalue weighted by atomic mass is 9.82. The number of rotatable bonds is 18. The van der Waals surface area contributed by atoms with Crippen LogP contribution in [0.15, 0.2) is 72.8 Å². The largest absolute Gasteiger partial charge is 0.451 e. The topological polar surface area (TPSA) is 105 Å². The van der Waals surface area contributed by atoms with Crippen LogP contribution in [0.5, 0.6) is 23.0 Å². The van der Waals surface area contributed by atoms with E-state index in [0.717, 1.165) is 25.7 Å². The highest BCUT2D eigenvalue weighted by Gasteiger charge is 2.37. The summed E-state index contributed by atoms with van der Waals surface area (Å²) >= 11 is 0. The summed E-state index contributed by atoms with van der Waals surface area (Å²) in [6, 6.07) is 22.5. The van der Waals surface area contributed by atoms with Crippen molar-refractivity contribution in [2.45, 2.75) is 104 Å². The summed E-state index contributed by atoms with van der Waals surface area (Å²) in [6.07, 6.45) is 16.9. The minimum absolute atomic E-state index is 0.0258. The quantitative estimate of drug-likeness (QED) is 0.0725. The first-order chi connectivity index (χ1) is 23.4. The number of nitrogen functional groups attached to an aromatic ring is 2. The van der Waals surface area contributed by atoms with E-state index in [-0.39, 0.29) is 45.6 Å². The van der Waals surface area contributed by atoms with Crippen molar-refractivity contribution in [2.75, 3.05) is 11.5 Å². The molecule has 0 bridgehead atoms. The summed E-state index contributed by atoms with van der Waals surface area (Å²) in [5.74, 6) is 0.560. The van der Waals surface area contributed by atoms with Gasteiger partial charge in [-0.2, -0.15) is 0 Å². The third-order valence-corrected chi connectivity index (χ3v) is 9.28. The molecule has 4 N–H and O–H groups in total. The van der Waals surface area contributed by atoms with Gasteiger partial charge < -0.3 is 20.9 Å².